The maximum Gasteiger partial charge on any atom is 0.225 e. The molecule has 26 heavy (non-hydrogen) atoms. The van der Waals surface area contributed by atoms with Crippen molar-refractivity contribution in [3.8, 4) is 5.75 Å². The second-order valence-electron chi connectivity index (χ2n) is 7.33. The van der Waals surface area contributed by atoms with Gasteiger partial charge in [0.05, 0.1) is 19.1 Å². The summed E-state index contributed by atoms with van der Waals surface area (Å²) in [6.07, 6.45) is 3.33. The van der Waals surface area contributed by atoms with Gasteiger partial charge in [0.25, 0.3) is 0 Å². The van der Waals surface area contributed by atoms with Crippen LogP contribution in [0.4, 0.5) is 0 Å². The van der Waals surface area contributed by atoms with Crippen molar-refractivity contribution in [3.63, 3.8) is 0 Å². The number of benzene rings is 1. The highest BCUT2D eigenvalue weighted by Crippen LogP contribution is 2.36. The quantitative estimate of drug-likeness (QED) is 0.840. The predicted octanol–water partition coefficient (Wildman–Crippen LogP) is 1.72. The number of likely N-dealkylation sites (tertiary alicyclic amines) is 1. The molecule has 3 atom stereocenters. The van der Waals surface area contributed by atoms with Gasteiger partial charge in [-0.15, -0.1) is 0 Å². The topological polar surface area (TPSA) is 70.7 Å². The lowest BCUT2D eigenvalue weighted by Crippen LogP contribution is -2.47. The third-order valence-corrected chi connectivity index (χ3v) is 5.62. The summed E-state index contributed by atoms with van der Waals surface area (Å²) in [5.74, 6) is 1.18. The lowest BCUT2D eigenvalue weighted by atomic mass is 9.83. The molecule has 0 radical (unpaired) electrons. The molecular formula is C20H29N3O3. The number of hydrogen-bond acceptors (Lipinski definition) is 4. The molecule has 2 saturated heterocycles. The fourth-order valence-corrected chi connectivity index (χ4v) is 4.04. The second kappa shape index (κ2) is 8.54. The molecular weight excluding hydrogens is 330 g/mol. The number of amides is 2. The highest BCUT2D eigenvalue weighted by molar-refractivity contribution is 5.84. The van der Waals surface area contributed by atoms with Gasteiger partial charge in [0, 0.05) is 20.0 Å². The molecule has 0 aliphatic carbocycles. The predicted molar refractivity (Wildman–Crippen MR) is 99.8 cm³/mol. The van der Waals surface area contributed by atoms with Gasteiger partial charge in [0.15, 0.2) is 0 Å². The van der Waals surface area contributed by atoms with Gasteiger partial charge in [0.2, 0.25) is 11.8 Å². The van der Waals surface area contributed by atoms with Crippen LogP contribution in [0.25, 0.3) is 0 Å². The number of nitrogens with one attached hydrogen (secondary N) is 2. The van der Waals surface area contributed by atoms with Gasteiger partial charge in [-0.1, -0.05) is 12.1 Å². The van der Waals surface area contributed by atoms with Gasteiger partial charge in [-0.25, -0.2) is 0 Å². The maximum absolute atomic E-state index is 12.9. The number of rotatable bonds is 5. The Labute approximate surface area is 155 Å². The molecule has 3 unspecified atom stereocenters. The van der Waals surface area contributed by atoms with E-state index in [1.54, 1.807) is 19.1 Å². The Balaban J connectivity index is 1.71. The van der Waals surface area contributed by atoms with Crippen molar-refractivity contribution in [2.24, 2.45) is 11.8 Å². The number of nitrogens with zero attached hydrogens (tertiary/aromatic N) is 1. The fraction of sp³-hybridized carbons (Fsp3) is 0.600. The highest BCUT2D eigenvalue weighted by Gasteiger charge is 2.38. The molecule has 6 heteroatoms. The van der Waals surface area contributed by atoms with Crippen LogP contribution in [-0.2, 0) is 9.59 Å². The Hall–Kier alpha value is -2.08. The number of piperidine rings is 2. The van der Waals surface area contributed by atoms with Gasteiger partial charge >= 0.3 is 0 Å². The molecule has 0 bridgehead atoms. The van der Waals surface area contributed by atoms with Gasteiger partial charge in [-0.05, 0) is 56.0 Å². The molecule has 2 N–H and O–H groups in total. The number of ether oxygens (including phenoxy) is 1. The molecule has 6 nitrogen and oxygen atoms in total. The average Bonchev–Trinajstić information content (AvgIpc) is 2.69. The Morgan fingerprint density at radius 1 is 1.31 bits per heavy atom. The van der Waals surface area contributed by atoms with Crippen LogP contribution < -0.4 is 15.4 Å². The molecule has 2 aliphatic heterocycles. The van der Waals surface area contributed by atoms with Crippen LogP contribution in [0.5, 0.6) is 5.75 Å². The van der Waals surface area contributed by atoms with E-state index >= 15 is 0 Å². The van der Waals surface area contributed by atoms with Crippen molar-refractivity contribution in [2.45, 2.75) is 31.7 Å². The van der Waals surface area contributed by atoms with E-state index in [0.29, 0.717) is 25.3 Å². The van der Waals surface area contributed by atoms with Crippen LogP contribution in [0, 0.1) is 11.8 Å². The Bertz CT molecular complexity index is 626. The van der Waals surface area contributed by atoms with Crippen molar-refractivity contribution < 1.29 is 14.3 Å². The molecule has 3 rings (SSSR count). The number of methoxy groups -OCH3 is 1. The molecule has 0 spiro atoms. The average molecular weight is 359 g/mol. The van der Waals surface area contributed by atoms with Crippen molar-refractivity contribution in [1.82, 2.24) is 15.5 Å². The van der Waals surface area contributed by atoms with Crippen LogP contribution in [0.15, 0.2) is 24.3 Å². The summed E-state index contributed by atoms with van der Waals surface area (Å²) in [7, 11) is 3.42. The van der Waals surface area contributed by atoms with Gasteiger partial charge in [-0.3, -0.25) is 9.59 Å². The lowest BCUT2D eigenvalue weighted by Gasteiger charge is -2.38. The zero-order valence-electron chi connectivity index (χ0n) is 15.7. The molecule has 142 valence electrons. The smallest absolute Gasteiger partial charge is 0.225 e. The van der Waals surface area contributed by atoms with E-state index in [1.807, 2.05) is 24.3 Å². The third kappa shape index (κ3) is 4.18. The van der Waals surface area contributed by atoms with Crippen LogP contribution in [0.1, 0.15) is 37.3 Å². The molecule has 0 saturated carbocycles. The van der Waals surface area contributed by atoms with Crippen LogP contribution in [-0.4, -0.2) is 50.5 Å². The Kier molecular flexibility index (Phi) is 6.14. The second-order valence-corrected chi connectivity index (χ2v) is 7.33. The van der Waals surface area contributed by atoms with Crippen molar-refractivity contribution in [3.05, 3.63) is 29.8 Å². The Morgan fingerprint density at radius 2 is 2.08 bits per heavy atom. The first-order chi connectivity index (χ1) is 12.6. The van der Waals surface area contributed by atoms with Gasteiger partial charge in [-0.2, -0.15) is 0 Å². The van der Waals surface area contributed by atoms with E-state index in [0.717, 1.165) is 37.2 Å². The number of carbonyl (C=O) groups is 2. The molecule has 2 amide bonds. The number of hydrogen-bond donors (Lipinski definition) is 2. The monoisotopic (exact) mass is 359 g/mol. The summed E-state index contributed by atoms with van der Waals surface area (Å²) in [6, 6.07) is 7.43. The van der Waals surface area contributed by atoms with Gasteiger partial charge < -0.3 is 20.3 Å². The lowest BCUT2D eigenvalue weighted by molar-refractivity contribution is -0.141. The molecule has 2 heterocycles. The SMILES string of the molecule is COc1ccc(C2C(C(=O)NCC3CCCNC3)CCC(=O)N2C)cc1. The van der Waals surface area contributed by atoms with Gasteiger partial charge in [0.1, 0.15) is 5.75 Å². The summed E-state index contributed by atoms with van der Waals surface area (Å²) in [5.41, 5.74) is 0.973. The highest BCUT2D eigenvalue weighted by atomic mass is 16.5. The van der Waals surface area contributed by atoms with E-state index in [4.69, 9.17) is 4.74 Å². The first kappa shape index (κ1) is 18.7. The largest absolute Gasteiger partial charge is 0.497 e. The van der Waals surface area contributed by atoms with E-state index in [2.05, 4.69) is 10.6 Å². The third-order valence-electron chi connectivity index (χ3n) is 5.62. The van der Waals surface area contributed by atoms with Crippen LogP contribution >= 0.6 is 0 Å². The normalized spacial score (nSPS) is 26.5. The van der Waals surface area contributed by atoms with E-state index in [9.17, 15) is 9.59 Å². The van der Waals surface area contributed by atoms with E-state index < -0.39 is 0 Å². The van der Waals surface area contributed by atoms with Crippen LogP contribution in [0.3, 0.4) is 0 Å². The summed E-state index contributed by atoms with van der Waals surface area (Å²) >= 11 is 0. The zero-order chi connectivity index (χ0) is 18.5. The minimum absolute atomic E-state index is 0.0516. The summed E-state index contributed by atoms with van der Waals surface area (Å²) in [6.45, 7) is 2.74. The van der Waals surface area contributed by atoms with Crippen molar-refractivity contribution in [2.75, 3.05) is 33.8 Å². The van der Waals surface area contributed by atoms with E-state index in [1.165, 1.54) is 0 Å². The molecule has 1 aromatic carbocycles. The standard InChI is InChI=1S/C20H29N3O3/c1-23-18(24)10-9-17(19(23)15-5-7-16(26-2)8-6-15)20(25)22-13-14-4-3-11-21-12-14/h5-8,14,17,19,21H,3-4,9-13H2,1-2H3,(H,22,25). The Morgan fingerprint density at radius 3 is 2.73 bits per heavy atom. The van der Waals surface area contributed by atoms with Crippen LogP contribution in [0.2, 0.25) is 0 Å². The number of carbonyl (C=O) groups excluding carboxylic acids is 2. The zero-order valence-corrected chi connectivity index (χ0v) is 15.7. The minimum atomic E-state index is -0.230. The molecule has 1 aromatic rings. The maximum atomic E-state index is 12.9. The summed E-state index contributed by atoms with van der Waals surface area (Å²) in [4.78, 5) is 26.9. The first-order valence-corrected chi connectivity index (χ1v) is 9.48. The fourth-order valence-electron chi connectivity index (χ4n) is 4.04. The molecule has 2 aliphatic rings. The molecule has 2 fully saturated rings. The summed E-state index contributed by atoms with van der Waals surface area (Å²) in [5, 5.41) is 6.52. The van der Waals surface area contributed by atoms with Crippen molar-refractivity contribution >= 4 is 11.8 Å². The van der Waals surface area contributed by atoms with E-state index in [-0.39, 0.29) is 23.8 Å². The first-order valence-electron chi connectivity index (χ1n) is 9.48. The summed E-state index contributed by atoms with van der Waals surface area (Å²) < 4.78 is 5.22. The van der Waals surface area contributed by atoms with Crippen molar-refractivity contribution in [1.29, 1.82) is 0 Å². The minimum Gasteiger partial charge on any atom is -0.497 e. The molecule has 0 aromatic heterocycles.